The number of carbonyl (C=O) groups excluding carboxylic acids is 1. The molecule has 0 atom stereocenters. The summed E-state index contributed by atoms with van der Waals surface area (Å²) in [5, 5.41) is 3.51. The van der Waals surface area contributed by atoms with Gasteiger partial charge in [-0.25, -0.2) is 4.79 Å². The number of esters is 1. The third-order valence-electron chi connectivity index (χ3n) is 5.11. The van der Waals surface area contributed by atoms with Crippen LogP contribution in [-0.4, -0.2) is 37.7 Å². The van der Waals surface area contributed by atoms with Gasteiger partial charge in [-0.3, -0.25) is 4.90 Å². The van der Waals surface area contributed by atoms with Crippen molar-refractivity contribution in [1.29, 1.82) is 0 Å². The van der Waals surface area contributed by atoms with Crippen LogP contribution in [0.15, 0.2) is 54.6 Å². The van der Waals surface area contributed by atoms with E-state index in [1.54, 1.807) is 0 Å². The molecule has 0 saturated carbocycles. The lowest BCUT2D eigenvalue weighted by atomic mass is 9.90. The maximum Gasteiger partial charge on any atom is 0.337 e. The molecular weight excluding hydrogens is 324 g/mol. The van der Waals surface area contributed by atoms with E-state index >= 15 is 0 Å². The summed E-state index contributed by atoms with van der Waals surface area (Å²) in [5.74, 6) is 0.516. The molecule has 3 rings (SSSR count). The molecule has 0 unspecified atom stereocenters. The largest absolute Gasteiger partial charge is 0.465 e. The number of nitrogens with one attached hydrogen (secondary N) is 1. The van der Waals surface area contributed by atoms with Crippen LogP contribution in [0.5, 0.6) is 0 Å². The highest BCUT2D eigenvalue weighted by molar-refractivity contribution is 5.89. The fraction of sp³-hybridized carbons (Fsp3) is 0.409. The van der Waals surface area contributed by atoms with E-state index in [1.165, 1.54) is 37.5 Å². The van der Waals surface area contributed by atoms with Gasteiger partial charge in [-0.1, -0.05) is 42.5 Å². The molecule has 0 bridgehead atoms. The van der Waals surface area contributed by atoms with Gasteiger partial charge in [0.1, 0.15) is 0 Å². The highest BCUT2D eigenvalue weighted by Gasteiger charge is 2.19. The van der Waals surface area contributed by atoms with Crippen LogP contribution < -0.4 is 5.32 Å². The second-order valence-corrected chi connectivity index (χ2v) is 7.02. The van der Waals surface area contributed by atoms with Crippen molar-refractivity contribution >= 4 is 5.97 Å². The van der Waals surface area contributed by atoms with Crippen molar-refractivity contribution in [1.82, 2.24) is 10.2 Å². The topological polar surface area (TPSA) is 41.6 Å². The van der Waals surface area contributed by atoms with E-state index in [4.69, 9.17) is 4.74 Å². The number of methoxy groups -OCH3 is 1. The van der Waals surface area contributed by atoms with E-state index < -0.39 is 0 Å². The molecule has 0 radical (unpaired) electrons. The highest BCUT2D eigenvalue weighted by Crippen LogP contribution is 2.21. The Morgan fingerprint density at radius 2 is 1.73 bits per heavy atom. The normalized spacial score (nSPS) is 15.7. The number of rotatable bonds is 7. The summed E-state index contributed by atoms with van der Waals surface area (Å²) in [6, 6.07) is 18.4. The number of carbonyl (C=O) groups is 1. The average Bonchev–Trinajstić information content (AvgIpc) is 2.70. The monoisotopic (exact) mass is 352 g/mol. The number of piperidine rings is 1. The Morgan fingerprint density at radius 1 is 1.04 bits per heavy atom. The Hall–Kier alpha value is -2.17. The van der Waals surface area contributed by atoms with Crippen LogP contribution in [0, 0.1) is 5.92 Å². The molecular formula is C22H28N2O2. The molecule has 1 aliphatic heterocycles. The molecule has 4 heteroatoms. The van der Waals surface area contributed by atoms with Gasteiger partial charge in [0.25, 0.3) is 0 Å². The zero-order chi connectivity index (χ0) is 18.2. The average molecular weight is 352 g/mol. The fourth-order valence-corrected chi connectivity index (χ4v) is 3.53. The fourth-order valence-electron chi connectivity index (χ4n) is 3.53. The maximum atomic E-state index is 11.4. The van der Waals surface area contributed by atoms with Crippen LogP contribution in [0.1, 0.15) is 34.3 Å². The van der Waals surface area contributed by atoms with Gasteiger partial charge in [0, 0.05) is 13.2 Å². The number of benzene rings is 2. The summed E-state index contributed by atoms with van der Waals surface area (Å²) in [7, 11) is 1.40. The quantitative estimate of drug-likeness (QED) is 0.775. The molecule has 1 heterocycles. The molecule has 138 valence electrons. The van der Waals surface area contributed by atoms with Crippen LogP contribution in [0.3, 0.4) is 0 Å². The van der Waals surface area contributed by atoms with Crippen molar-refractivity contribution in [2.24, 2.45) is 5.92 Å². The minimum atomic E-state index is -0.289. The molecule has 0 amide bonds. The van der Waals surface area contributed by atoms with Crippen molar-refractivity contribution in [3.8, 4) is 0 Å². The molecule has 1 N–H and O–H groups in total. The Kier molecular flexibility index (Phi) is 6.81. The number of hydrogen-bond donors (Lipinski definition) is 1. The first kappa shape index (κ1) is 18.6. The Bertz CT molecular complexity index is 677. The summed E-state index contributed by atoms with van der Waals surface area (Å²) in [6.45, 7) is 4.04. The van der Waals surface area contributed by atoms with Crippen LogP contribution in [-0.2, 0) is 17.7 Å². The molecule has 1 aliphatic rings. The van der Waals surface area contributed by atoms with E-state index in [1.807, 2.05) is 24.3 Å². The van der Waals surface area contributed by atoms with Crippen LogP contribution in [0.25, 0.3) is 0 Å². The standard InChI is InChI=1S/C22H28N2O2/c1-26-22(25)21-9-7-20(8-10-21)16-23-17-24-13-11-19(12-14-24)15-18-5-3-2-4-6-18/h2-10,19,23H,11-17H2,1H3. The van der Waals surface area contributed by atoms with Gasteiger partial charge in [-0.05, 0) is 61.5 Å². The van der Waals surface area contributed by atoms with Crippen LogP contribution in [0.4, 0.5) is 0 Å². The van der Waals surface area contributed by atoms with Gasteiger partial charge in [0.15, 0.2) is 0 Å². The van der Waals surface area contributed by atoms with E-state index in [0.717, 1.165) is 32.2 Å². The summed E-state index contributed by atoms with van der Waals surface area (Å²) < 4.78 is 4.72. The highest BCUT2D eigenvalue weighted by atomic mass is 16.5. The Morgan fingerprint density at radius 3 is 2.38 bits per heavy atom. The first-order valence-corrected chi connectivity index (χ1v) is 9.39. The molecule has 0 spiro atoms. The lowest BCUT2D eigenvalue weighted by Gasteiger charge is -2.32. The minimum absolute atomic E-state index is 0.289. The van der Waals surface area contributed by atoms with Gasteiger partial charge in [-0.15, -0.1) is 0 Å². The van der Waals surface area contributed by atoms with Gasteiger partial charge >= 0.3 is 5.97 Å². The van der Waals surface area contributed by atoms with E-state index in [-0.39, 0.29) is 5.97 Å². The molecule has 4 nitrogen and oxygen atoms in total. The summed E-state index contributed by atoms with van der Waals surface area (Å²) >= 11 is 0. The number of nitrogens with zero attached hydrogens (tertiary/aromatic N) is 1. The summed E-state index contributed by atoms with van der Waals surface area (Å²) in [4.78, 5) is 13.9. The Balaban J connectivity index is 1.35. The third-order valence-corrected chi connectivity index (χ3v) is 5.11. The van der Waals surface area contributed by atoms with Crippen molar-refractivity contribution < 1.29 is 9.53 Å². The SMILES string of the molecule is COC(=O)c1ccc(CNCN2CCC(Cc3ccccc3)CC2)cc1. The van der Waals surface area contributed by atoms with Gasteiger partial charge in [0.2, 0.25) is 0 Å². The number of ether oxygens (including phenoxy) is 1. The molecule has 1 fully saturated rings. The zero-order valence-electron chi connectivity index (χ0n) is 15.5. The van der Waals surface area contributed by atoms with Crippen LogP contribution in [0.2, 0.25) is 0 Å². The minimum Gasteiger partial charge on any atom is -0.465 e. The third kappa shape index (κ3) is 5.41. The molecule has 2 aromatic rings. The predicted molar refractivity (Wildman–Crippen MR) is 104 cm³/mol. The van der Waals surface area contributed by atoms with Crippen molar-refractivity contribution in [3.63, 3.8) is 0 Å². The van der Waals surface area contributed by atoms with E-state index in [2.05, 4.69) is 40.5 Å². The second-order valence-electron chi connectivity index (χ2n) is 7.02. The van der Waals surface area contributed by atoms with Crippen molar-refractivity contribution in [3.05, 3.63) is 71.3 Å². The molecule has 0 aromatic heterocycles. The predicted octanol–water partition coefficient (Wildman–Crippen LogP) is 3.48. The number of likely N-dealkylation sites (tertiary alicyclic amines) is 1. The van der Waals surface area contributed by atoms with Crippen molar-refractivity contribution in [2.45, 2.75) is 25.8 Å². The first-order valence-electron chi connectivity index (χ1n) is 9.39. The number of hydrogen-bond acceptors (Lipinski definition) is 4. The van der Waals surface area contributed by atoms with E-state index in [9.17, 15) is 4.79 Å². The lowest BCUT2D eigenvalue weighted by Crippen LogP contribution is -2.40. The summed E-state index contributed by atoms with van der Waals surface area (Å²) in [6.07, 6.45) is 3.74. The van der Waals surface area contributed by atoms with Gasteiger partial charge in [-0.2, -0.15) is 0 Å². The molecule has 26 heavy (non-hydrogen) atoms. The smallest absolute Gasteiger partial charge is 0.337 e. The summed E-state index contributed by atoms with van der Waals surface area (Å²) in [5.41, 5.74) is 3.23. The molecule has 2 aromatic carbocycles. The molecule has 1 saturated heterocycles. The first-order chi connectivity index (χ1) is 12.7. The van der Waals surface area contributed by atoms with Gasteiger partial charge < -0.3 is 10.1 Å². The maximum absolute atomic E-state index is 11.4. The van der Waals surface area contributed by atoms with Gasteiger partial charge in [0.05, 0.1) is 12.7 Å². The Labute approximate surface area is 156 Å². The lowest BCUT2D eigenvalue weighted by molar-refractivity contribution is 0.0600. The van der Waals surface area contributed by atoms with E-state index in [0.29, 0.717) is 5.56 Å². The van der Waals surface area contributed by atoms with Crippen LogP contribution >= 0.6 is 0 Å². The second kappa shape index (κ2) is 9.51. The molecule has 0 aliphatic carbocycles. The van der Waals surface area contributed by atoms with Crippen molar-refractivity contribution in [2.75, 3.05) is 26.9 Å². The zero-order valence-corrected chi connectivity index (χ0v) is 15.5.